The van der Waals surface area contributed by atoms with E-state index in [-0.39, 0.29) is 4.90 Å². The molecule has 0 atom stereocenters. The molecular weight excluding hydrogens is 358 g/mol. The molecule has 0 aliphatic heterocycles. The van der Waals surface area contributed by atoms with Gasteiger partial charge in [0.25, 0.3) is 0 Å². The Balaban J connectivity index is 2.07. The number of nitrogens with one attached hydrogen (secondary N) is 2. The molecule has 138 valence electrons. The summed E-state index contributed by atoms with van der Waals surface area (Å²) in [5.41, 5.74) is 9.15. The lowest BCUT2D eigenvalue weighted by Crippen LogP contribution is -2.38. The van der Waals surface area contributed by atoms with Crippen LogP contribution in [0, 0.1) is 6.92 Å². The maximum atomic E-state index is 12.2. The second kappa shape index (κ2) is 7.98. The van der Waals surface area contributed by atoms with E-state index in [1.807, 2.05) is 25.1 Å². The van der Waals surface area contributed by atoms with E-state index < -0.39 is 35.0 Å². The minimum absolute atomic E-state index is 0.00707. The smallest absolute Gasteiger partial charge is 0.322 e. The number of hydrogen-bond donors (Lipinski definition) is 4. The van der Waals surface area contributed by atoms with Gasteiger partial charge in [-0.1, -0.05) is 24.3 Å². The summed E-state index contributed by atoms with van der Waals surface area (Å²) in [7, 11) is -3.89. The van der Waals surface area contributed by atoms with Crippen LogP contribution in [0.5, 0.6) is 0 Å². The van der Waals surface area contributed by atoms with Gasteiger partial charge >= 0.3 is 5.97 Å². The van der Waals surface area contributed by atoms with Gasteiger partial charge in [-0.15, -0.1) is 0 Å². The molecule has 8 nitrogen and oxygen atoms in total. The molecule has 2 aromatic rings. The van der Waals surface area contributed by atoms with Crippen LogP contribution in [-0.4, -0.2) is 38.5 Å². The molecule has 0 radical (unpaired) electrons. The summed E-state index contributed by atoms with van der Waals surface area (Å²) in [6.45, 7) is 0.772. The van der Waals surface area contributed by atoms with Crippen molar-refractivity contribution >= 4 is 27.6 Å². The zero-order chi connectivity index (χ0) is 19.3. The molecule has 0 fully saturated rings. The molecule has 0 aromatic heterocycles. The Morgan fingerprint density at radius 2 is 1.65 bits per heavy atom. The first-order valence-electron chi connectivity index (χ1n) is 7.64. The first-order valence-corrected chi connectivity index (χ1v) is 9.12. The molecule has 0 unspecified atom stereocenters. The Labute approximate surface area is 151 Å². The van der Waals surface area contributed by atoms with Crippen LogP contribution in [0.25, 0.3) is 11.1 Å². The fourth-order valence-electron chi connectivity index (χ4n) is 2.13. The highest BCUT2D eigenvalue weighted by atomic mass is 32.2. The molecule has 0 heterocycles. The Morgan fingerprint density at radius 1 is 1.04 bits per heavy atom. The van der Waals surface area contributed by atoms with Crippen molar-refractivity contribution in [1.29, 1.82) is 0 Å². The molecule has 1 amide bonds. The summed E-state index contributed by atoms with van der Waals surface area (Å²) in [5, 5.41) is 10.5. The van der Waals surface area contributed by atoms with E-state index in [1.54, 1.807) is 12.1 Å². The monoisotopic (exact) mass is 377 g/mol. The molecule has 0 bridgehead atoms. The van der Waals surface area contributed by atoms with E-state index in [9.17, 15) is 18.0 Å². The number of aryl methyl sites for hydroxylation is 1. The zero-order valence-electron chi connectivity index (χ0n) is 14.0. The molecule has 0 aliphatic carbocycles. The summed E-state index contributed by atoms with van der Waals surface area (Å²) >= 11 is 0. The van der Waals surface area contributed by atoms with Crippen molar-refractivity contribution in [2.75, 3.05) is 18.8 Å². The summed E-state index contributed by atoms with van der Waals surface area (Å²) < 4.78 is 26.5. The summed E-state index contributed by atoms with van der Waals surface area (Å²) in [6.07, 6.45) is 0. The number of nitrogens with two attached hydrogens (primary N) is 1. The second-order valence-electron chi connectivity index (χ2n) is 5.59. The predicted molar refractivity (Wildman–Crippen MR) is 96.9 cm³/mol. The highest BCUT2D eigenvalue weighted by molar-refractivity contribution is 7.89. The quantitative estimate of drug-likeness (QED) is 0.525. The van der Waals surface area contributed by atoms with Crippen molar-refractivity contribution in [3.8, 4) is 11.1 Å². The maximum absolute atomic E-state index is 12.2. The Hall–Kier alpha value is -2.91. The number of sulfonamides is 1. The standard InChI is InChI=1S/C17H19N3O5S/c1-11-2-3-13(8-15(11)18)12-4-6-14(7-5-12)26(24,25)20-9-16(21)19-10-17(22)23/h2-8,20H,9-10,18H2,1H3,(H,19,21)(H,22,23). The lowest BCUT2D eigenvalue weighted by Gasteiger charge is -2.09. The van der Waals surface area contributed by atoms with Crippen LogP contribution in [0.3, 0.4) is 0 Å². The second-order valence-corrected chi connectivity index (χ2v) is 7.36. The number of aliphatic carboxylic acids is 1. The Morgan fingerprint density at radius 3 is 2.23 bits per heavy atom. The number of carbonyl (C=O) groups excluding carboxylic acids is 1. The lowest BCUT2D eigenvalue weighted by atomic mass is 10.0. The van der Waals surface area contributed by atoms with Crippen molar-refractivity contribution in [3.05, 3.63) is 48.0 Å². The van der Waals surface area contributed by atoms with Crippen LogP contribution in [-0.2, 0) is 19.6 Å². The van der Waals surface area contributed by atoms with Crippen molar-refractivity contribution in [1.82, 2.24) is 10.0 Å². The number of carboxylic acids is 1. The SMILES string of the molecule is Cc1ccc(-c2ccc(S(=O)(=O)NCC(=O)NCC(=O)O)cc2)cc1N. The third-order valence-electron chi connectivity index (χ3n) is 3.64. The topological polar surface area (TPSA) is 139 Å². The van der Waals surface area contributed by atoms with E-state index >= 15 is 0 Å². The van der Waals surface area contributed by atoms with E-state index in [0.717, 1.165) is 16.7 Å². The molecule has 2 aromatic carbocycles. The van der Waals surface area contributed by atoms with Gasteiger partial charge in [-0.25, -0.2) is 13.1 Å². The van der Waals surface area contributed by atoms with Gasteiger partial charge in [-0.05, 0) is 41.8 Å². The summed E-state index contributed by atoms with van der Waals surface area (Å²) in [6, 6.07) is 11.7. The number of carboxylic acid groups (broad SMARTS) is 1. The number of rotatable bonds is 7. The van der Waals surface area contributed by atoms with Crippen molar-refractivity contribution in [2.45, 2.75) is 11.8 Å². The molecule has 5 N–H and O–H groups in total. The third kappa shape index (κ3) is 5.04. The van der Waals surface area contributed by atoms with Crippen LogP contribution < -0.4 is 15.8 Å². The first kappa shape index (κ1) is 19.4. The van der Waals surface area contributed by atoms with E-state index in [4.69, 9.17) is 10.8 Å². The van der Waals surface area contributed by atoms with E-state index in [2.05, 4.69) is 10.0 Å². The van der Waals surface area contributed by atoms with Crippen molar-refractivity contribution < 1.29 is 23.1 Å². The van der Waals surface area contributed by atoms with Crippen LogP contribution in [0.1, 0.15) is 5.56 Å². The summed E-state index contributed by atoms with van der Waals surface area (Å²) in [4.78, 5) is 21.8. The van der Waals surface area contributed by atoms with E-state index in [0.29, 0.717) is 5.69 Å². The van der Waals surface area contributed by atoms with Gasteiger partial charge < -0.3 is 16.2 Å². The van der Waals surface area contributed by atoms with Crippen LogP contribution in [0.4, 0.5) is 5.69 Å². The fourth-order valence-corrected chi connectivity index (χ4v) is 3.11. The highest BCUT2D eigenvalue weighted by Gasteiger charge is 2.16. The Kier molecular flexibility index (Phi) is 5.96. The zero-order valence-corrected chi connectivity index (χ0v) is 14.8. The average Bonchev–Trinajstić information content (AvgIpc) is 2.60. The maximum Gasteiger partial charge on any atom is 0.322 e. The lowest BCUT2D eigenvalue weighted by molar-refractivity contribution is -0.137. The molecule has 9 heteroatoms. The third-order valence-corrected chi connectivity index (χ3v) is 5.05. The van der Waals surface area contributed by atoms with Gasteiger partial charge in [0.2, 0.25) is 15.9 Å². The molecule has 2 rings (SSSR count). The molecule has 0 saturated carbocycles. The van der Waals surface area contributed by atoms with Gasteiger partial charge in [0.15, 0.2) is 0 Å². The van der Waals surface area contributed by atoms with E-state index in [1.165, 1.54) is 12.1 Å². The summed E-state index contributed by atoms with van der Waals surface area (Å²) in [5.74, 6) is -1.95. The molecule has 0 aliphatic rings. The predicted octanol–water partition coefficient (Wildman–Crippen LogP) is 0.723. The van der Waals surface area contributed by atoms with Gasteiger partial charge in [0, 0.05) is 5.69 Å². The molecule has 0 saturated heterocycles. The number of nitrogen functional groups attached to an aromatic ring is 1. The first-order chi connectivity index (χ1) is 12.2. The molecule has 26 heavy (non-hydrogen) atoms. The van der Waals surface area contributed by atoms with Gasteiger partial charge in [-0.3, -0.25) is 9.59 Å². The van der Waals surface area contributed by atoms with Gasteiger partial charge in [0.1, 0.15) is 6.54 Å². The molecular formula is C17H19N3O5S. The number of carbonyl (C=O) groups is 2. The van der Waals surface area contributed by atoms with Gasteiger partial charge in [-0.2, -0.15) is 0 Å². The highest BCUT2D eigenvalue weighted by Crippen LogP contribution is 2.24. The Bertz CT molecular complexity index is 924. The minimum atomic E-state index is -3.89. The van der Waals surface area contributed by atoms with Crippen LogP contribution >= 0.6 is 0 Å². The number of amides is 1. The number of anilines is 1. The van der Waals surface area contributed by atoms with Crippen molar-refractivity contribution in [3.63, 3.8) is 0 Å². The van der Waals surface area contributed by atoms with Crippen molar-refractivity contribution in [2.24, 2.45) is 0 Å². The van der Waals surface area contributed by atoms with Gasteiger partial charge in [0.05, 0.1) is 11.4 Å². The largest absolute Gasteiger partial charge is 0.480 e. The minimum Gasteiger partial charge on any atom is -0.480 e. The number of hydrogen-bond acceptors (Lipinski definition) is 5. The average molecular weight is 377 g/mol. The molecule has 0 spiro atoms. The van der Waals surface area contributed by atoms with Crippen LogP contribution in [0.2, 0.25) is 0 Å². The number of benzene rings is 2. The normalized spacial score (nSPS) is 11.1. The fraction of sp³-hybridized carbons (Fsp3) is 0.176. The van der Waals surface area contributed by atoms with Crippen LogP contribution in [0.15, 0.2) is 47.4 Å².